The van der Waals surface area contributed by atoms with Gasteiger partial charge in [-0.05, 0) is 31.0 Å². The van der Waals surface area contributed by atoms with E-state index in [4.69, 9.17) is 22.1 Å². The summed E-state index contributed by atoms with van der Waals surface area (Å²) in [6.07, 6.45) is 2.17. The van der Waals surface area contributed by atoms with E-state index in [0.717, 1.165) is 30.8 Å². The normalized spacial score (nSPS) is 10.9. The van der Waals surface area contributed by atoms with Crippen LogP contribution in [-0.4, -0.2) is 26.3 Å². The Kier molecular flexibility index (Phi) is 6.30. The van der Waals surface area contributed by atoms with Crippen LogP contribution in [0, 0.1) is 0 Å². The van der Waals surface area contributed by atoms with Crippen LogP contribution < -0.4 is 10.6 Å². The lowest BCUT2D eigenvalue weighted by Gasteiger charge is -2.33. The van der Waals surface area contributed by atoms with Crippen LogP contribution in [0.1, 0.15) is 26.7 Å². The van der Waals surface area contributed by atoms with Crippen LogP contribution in [-0.2, 0) is 4.74 Å². The zero-order chi connectivity index (χ0) is 13.5. The summed E-state index contributed by atoms with van der Waals surface area (Å²) in [5, 5.41) is 0.674. The highest BCUT2D eigenvalue weighted by atomic mass is 35.5. The number of halogens is 1. The van der Waals surface area contributed by atoms with Gasteiger partial charge < -0.3 is 15.4 Å². The van der Waals surface area contributed by atoms with Crippen molar-refractivity contribution in [2.75, 3.05) is 30.9 Å². The van der Waals surface area contributed by atoms with Gasteiger partial charge >= 0.3 is 0 Å². The summed E-state index contributed by atoms with van der Waals surface area (Å²) in [4.78, 5) is 2.31. The summed E-state index contributed by atoms with van der Waals surface area (Å²) >= 11 is 5.95. The Balaban J connectivity index is 3.00. The van der Waals surface area contributed by atoms with Gasteiger partial charge in [0.2, 0.25) is 0 Å². The number of methoxy groups -OCH3 is 1. The quantitative estimate of drug-likeness (QED) is 0.770. The fourth-order valence-electron chi connectivity index (χ4n) is 2.21. The number of nitrogen functional groups attached to an aromatic ring is 1. The van der Waals surface area contributed by atoms with E-state index in [1.165, 1.54) is 0 Å². The van der Waals surface area contributed by atoms with Gasteiger partial charge in [-0.2, -0.15) is 0 Å². The molecule has 0 heterocycles. The van der Waals surface area contributed by atoms with Gasteiger partial charge in [0.1, 0.15) is 0 Å². The maximum atomic E-state index is 6.07. The first-order valence-electron chi connectivity index (χ1n) is 6.44. The number of benzene rings is 1. The second kappa shape index (κ2) is 7.49. The number of ether oxygens (including phenoxy) is 1. The average Bonchev–Trinajstić information content (AvgIpc) is 2.35. The Labute approximate surface area is 115 Å². The van der Waals surface area contributed by atoms with E-state index in [1.807, 2.05) is 12.1 Å². The molecule has 102 valence electrons. The van der Waals surface area contributed by atoms with Crippen molar-refractivity contribution in [3.63, 3.8) is 0 Å². The van der Waals surface area contributed by atoms with Gasteiger partial charge in [0.25, 0.3) is 0 Å². The lowest BCUT2D eigenvalue weighted by molar-refractivity contribution is 0.202. The maximum absolute atomic E-state index is 6.07. The van der Waals surface area contributed by atoms with Crippen molar-refractivity contribution in [2.24, 2.45) is 0 Å². The van der Waals surface area contributed by atoms with Gasteiger partial charge in [0, 0.05) is 24.7 Å². The topological polar surface area (TPSA) is 38.5 Å². The van der Waals surface area contributed by atoms with Crippen molar-refractivity contribution >= 4 is 23.0 Å². The van der Waals surface area contributed by atoms with Crippen LogP contribution in [0.3, 0.4) is 0 Å². The minimum atomic E-state index is 0.476. The second-order valence-corrected chi connectivity index (χ2v) is 4.80. The van der Waals surface area contributed by atoms with Gasteiger partial charge in [-0.15, -0.1) is 0 Å². The average molecular weight is 271 g/mol. The Morgan fingerprint density at radius 3 is 2.50 bits per heavy atom. The number of nitrogens with two attached hydrogens (primary N) is 1. The highest BCUT2D eigenvalue weighted by Gasteiger charge is 2.17. The molecule has 0 saturated heterocycles. The Morgan fingerprint density at radius 2 is 2.00 bits per heavy atom. The fraction of sp³-hybridized carbons (Fsp3) is 0.571. The van der Waals surface area contributed by atoms with Crippen molar-refractivity contribution < 1.29 is 4.74 Å². The predicted molar refractivity (Wildman–Crippen MR) is 79.5 cm³/mol. The lowest BCUT2D eigenvalue weighted by Crippen LogP contribution is -2.37. The third kappa shape index (κ3) is 3.79. The molecule has 18 heavy (non-hydrogen) atoms. The van der Waals surface area contributed by atoms with Crippen LogP contribution >= 0.6 is 11.6 Å². The molecule has 0 saturated carbocycles. The first kappa shape index (κ1) is 15.1. The molecule has 2 N–H and O–H groups in total. The van der Waals surface area contributed by atoms with Crippen molar-refractivity contribution in [2.45, 2.75) is 32.7 Å². The monoisotopic (exact) mass is 270 g/mol. The van der Waals surface area contributed by atoms with Gasteiger partial charge in [-0.25, -0.2) is 0 Å². The molecule has 0 aliphatic rings. The van der Waals surface area contributed by atoms with Gasteiger partial charge in [0.05, 0.1) is 18.0 Å². The second-order valence-electron chi connectivity index (χ2n) is 4.36. The third-order valence-corrected chi connectivity index (χ3v) is 3.45. The van der Waals surface area contributed by atoms with Crippen LogP contribution in [0.5, 0.6) is 0 Å². The summed E-state index contributed by atoms with van der Waals surface area (Å²) in [6, 6.07) is 6.16. The van der Waals surface area contributed by atoms with E-state index in [1.54, 1.807) is 13.2 Å². The summed E-state index contributed by atoms with van der Waals surface area (Å²) in [5.41, 5.74) is 7.85. The molecule has 0 fully saturated rings. The molecule has 0 unspecified atom stereocenters. The number of rotatable bonds is 7. The summed E-state index contributed by atoms with van der Waals surface area (Å²) in [7, 11) is 1.72. The van der Waals surface area contributed by atoms with E-state index in [0.29, 0.717) is 17.7 Å². The number of hydrogen-bond acceptors (Lipinski definition) is 3. The Hall–Kier alpha value is -0.930. The Morgan fingerprint density at radius 1 is 1.33 bits per heavy atom. The molecule has 1 aromatic carbocycles. The van der Waals surface area contributed by atoms with E-state index >= 15 is 0 Å². The van der Waals surface area contributed by atoms with Crippen molar-refractivity contribution in [3.05, 3.63) is 23.2 Å². The largest absolute Gasteiger partial charge is 0.397 e. The van der Waals surface area contributed by atoms with Gasteiger partial charge in [-0.1, -0.05) is 25.4 Å². The molecule has 1 aromatic rings. The minimum Gasteiger partial charge on any atom is -0.397 e. The van der Waals surface area contributed by atoms with Crippen LogP contribution in [0.15, 0.2) is 18.2 Å². The first-order chi connectivity index (χ1) is 8.63. The molecule has 4 heteroatoms. The molecule has 0 amide bonds. The van der Waals surface area contributed by atoms with E-state index in [2.05, 4.69) is 18.7 Å². The van der Waals surface area contributed by atoms with E-state index in [-0.39, 0.29) is 0 Å². The first-order valence-corrected chi connectivity index (χ1v) is 6.82. The highest BCUT2D eigenvalue weighted by Crippen LogP contribution is 2.29. The SMILES string of the molecule is CCC(CC)N(CCOC)c1ccc(Cl)cc1N. The number of hydrogen-bond donors (Lipinski definition) is 1. The molecule has 3 nitrogen and oxygen atoms in total. The zero-order valence-corrected chi connectivity index (χ0v) is 12.2. The molecule has 0 radical (unpaired) electrons. The highest BCUT2D eigenvalue weighted by molar-refractivity contribution is 6.31. The Bertz CT molecular complexity index is 367. The molecular weight excluding hydrogens is 248 g/mol. The zero-order valence-electron chi connectivity index (χ0n) is 11.4. The fourth-order valence-corrected chi connectivity index (χ4v) is 2.39. The van der Waals surface area contributed by atoms with Gasteiger partial charge in [0.15, 0.2) is 0 Å². The third-order valence-electron chi connectivity index (χ3n) is 3.22. The minimum absolute atomic E-state index is 0.476. The molecule has 0 aliphatic carbocycles. The summed E-state index contributed by atoms with van der Waals surface area (Å²) < 4.78 is 5.19. The molecule has 0 aliphatic heterocycles. The van der Waals surface area contributed by atoms with E-state index < -0.39 is 0 Å². The maximum Gasteiger partial charge on any atom is 0.0637 e. The number of nitrogens with zero attached hydrogens (tertiary/aromatic N) is 1. The molecule has 0 aromatic heterocycles. The molecule has 0 spiro atoms. The molecule has 0 atom stereocenters. The van der Waals surface area contributed by atoms with Gasteiger partial charge in [-0.3, -0.25) is 0 Å². The summed E-state index contributed by atoms with van der Waals surface area (Å²) in [5.74, 6) is 0. The van der Waals surface area contributed by atoms with E-state index in [9.17, 15) is 0 Å². The smallest absolute Gasteiger partial charge is 0.0637 e. The van der Waals surface area contributed by atoms with Crippen molar-refractivity contribution in [1.29, 1.82) is 0 Å². The molecular formula is C14H23ClN2O. The van der Waals surface area contributed by atoms with Crippen molar-refractivity contribution in [1.82, 2.24) is 0 Å². The lowest BCUT2D eigenvalue weighted by atomic mass is 10.1. The molecule has 0 bridgehead atoms. The van der Waals surface area contributed by atoms with Crippen molar-refractivity contribution in [3.8, 4) is 0 Å². The van der Waals surface area contributed by atoms with Crippen LogP contribution in [0.4, 0.5) is 11.4 Å². The molecule has 1 rings (SSSR count). The summed E-state index contributed by atoms with van der Waals surface area (Å²) in [6.45, 7) is 5.92. The predicted octanol–water partition coefficient (Wildman–Crippen LogP) is 3.56. The standard InChI is InChI=1S/C14H23ClN2O/c1-4-12(5-2)17(8-9-18-3)14-7-6-11(15)10-13(14)16/h6-7,10,12H,4-5,8-9,16H2,1-3H3. The number of anilines is 2. The van der Waals surface area contributed by atoms with Crippen LogP contribution in [0.2, 0.25) is 5.02 Å². The van der Waals surface area contributed by atoms with Crippen LogP contribution in [0.25, 0.3) is 0 Å².